The molecule has 2 bridgehead atoms. The molecule has 3 nitrogen and oxygen atoms in total. The second-order valence-corrected chi connectivity index (χ2v) is 9.87. The van der Waals surface area contributed by atoms with Crippen molar-refractivity contribution in [2.75, 3.05) is 11.9 Å². The highest BCUT2D eigenvalue weighted by Crippen LogP contribution is 2.55. The number of hydrogen-bond acceptors (Lipinski definition) is 3. The van der Waals surface area contributed by atoms with Gasteiger partial charge in [-0.25, -0.2) is 0 Å². The predicted octanol–water partition coefficient (Wildman–Crippen LogP) is 5.36. The smallest absolute Gasteiger partial charge is 0.139 e. The Kier molecular flexibility index (Phi) is 4.16. The van der Waals surface area contributed by atoms with Crippen LogP contribution in [0.3, 0.4) is 0 Å². The average molecular weight is 389 g/mol. The number of aromatic hydroxyl groups is 1. The van der Waals surface area contributed by atoms with E-state index in [-0.39, 0.29) is 0 Å². The van der Waals surface area contributed by atoms with E-state index in [1.807, 2.05) is 0 Å². The molecular formula is C26H32N2O. The summed E-state index contributed by atoms with van der Waals surface area (Å²) in [6, 6.07) is 11.7. The molecule has 1 heterocycles. The lowest BCUT2D eigenvalue weighted by Gasteiger charge is -2.56. The largest absolute Gasteiger partial charge is 0.506 e. The van der Waals surface area contributed by atoms with E-state index in [1.54, 1.807) is 0 Å². The zero-order chi connectivity index (χ0) is 19.4. The standard InChI is InChI=1S/C26H32N2O/c29-25-16-22-19(14-23-21-7-3-4-10-26(21,22)11-12-27-23)15-24(25)28-20-9-8-17-5-1-2-6-18(17)13-20/h8-9,13,15-16,21,23,27-29H,1-7,10-12,14H2/t21-,23+,26+/m0/s1. The van der Waals surface area contributed by atoms with Crippen LogP contribution in [-0.2, 0) is 24.7 Å². The Balaban J connectivity index is 1.36. The van der Waals surface area contributed by atoms with Crippen LogP contribution in [0.25, 0.3) is 0 Å². The number of benzene rings is 2. The van der Waals surface area contributed by atoms with Gasteiger partial charge in [-0.2, -0.15) is 0 Å². The van der Waals surface area contributed by atoms with Gasteiger partial charge in [-0.05, 0) is 110 Å². The monoisotopic (exact) mass is 388 g/mol. The molecule has 2 fully saturated rings. The lowest BCUT2D eigenvalue weighted by atomic mass is 9.53. The number of phenols is 1. The molecule has 3 N–H and O–H groups in total. The van der Waals surface area contributed by atoms with E-state index < -0.39 is 0 Å². The molecule has 3 atom stereocenters. The molecule has 3 heteroatoms. The molecule has 1 saturated carbocycles. The summed E-state index contributed by atoms with van der Waals surface area (Å²) in [6.07, 6.45) is 12.6. The summed E-state index contributed by atoms with van der Waals surface area (Å²) >= 11 is 0. The molecule has 0 radical (unpaired) electrons. The fraction of sp³-hybridized carbons (Fsp3) is 0.538. The molecule has 152 valence electrons. The molecule has 6 rings (SSSR count). The van der Waals surface area contributed by atoms with Crippen LogP contribution in [0.4, 0.5) is 11.4 Å². The molecule has 29 heavy (non-hydrogen) atoms. The number of phenolic OH excluding ortho intramolecular Hbond substituents is 1. The minimum Gasteiger partial charge on any atom is -0.506 e. The van der Waals surface area contributed by atoms with Crippen molar-refractivity contribution in [1.82, 2.24) is 5.32 Å². The molecule has 1 aliphatic heterocycles. The van der Waals surface area contributed by atoms with Gasteiger partial charge in [-0.15, -0.1) is 0 Å². The van der Waals surface area contributed by atoms with E-state index in [9.17, 15) is 5.11 Å². The Bertz CT molecular complexity index is 948. The highest BCUT2D eigenvalue weighted by molar-refractivity contribution is 5.69. The van der Waals surface area contributed by atoms with Crippen molar-refractivity contribution >= 4 is 11.4 Å². The van der Waals surface area contributed by atoms with Gasteiger partial charge in [-0.1, -0.05) is 18.9 Å². The van der Waals surface area contributed by atoms with E-state index >= 15 is 0 Å². The van der Waals surface area contributed by atoms with Gasteiger partial charge >= 0.3 is 0 Å². The maximum absolute atomic E-state index is 11.0. The molecule has 0 amide bonds. The molecule has 0 spiro atoms. The first-order chi connectivity index (χ1) is 14.2. The van der Waals surface area contributed by atoms with Crippen molar-refractivity contribution in [3.8, 4) is 5.75 Å². The maximum Gasteiger partial charge on any atom is 0.139 e. The zero-order valence-corrected chi connectivity index (χ0v) is 17.3. The third-order valence-corrected chi connectivity index (χ3v) is 8.39. The summed E-state index contributed by atoms with van der Waals surface area (Å²) in [6.45, 7) is 1.12. The first-order valence-corrected chi connectivity index (χ1v) is 11.7. The number of rotatable bonds is 2. The van der Waals surface area contributed by atoms with Crippen molar-refractivity contribution in [1.29, 1.82) is 0 Å². The first-order valence-electron chi connectivity index (χ1n) is 11.7. The Morgan fingerprint density at radius 1 is 0.931 bits per heavy atom. The average Bonchev–Trinajstić information content (AvgIpc) is 2.75. The second kappa shape index (κ2) is 6.77. The molecule has 4 aliphatic rings. The zero-order valence-electron chi connectivity index (χ0n) is 17.3. The van der Waals surface area contributed by atoms with Crippen molar-refractivity contribution in [3.05, 3.63) is 52.6 Å². The van der Waals surface area contributed by atoms with E-state index in [0.717, 1.165) is 30.3 Å². The number of aryl methyl sites for hydroxylation is 2. The van der Waals surface area contributed by atoms with Gasteiger partial charge in [0, 0.05) is 17.1 Å². The van der Waals surface area contributed by atoms with E-state index in [1.165, 1.54) is 80.0 Å². The molecule has 3 aliphatic carbocycles. The highest BCUT2D eigenvalue weighted by atomic mass is 16.3. The van der Waals surface area contributed by atoms with Crippen LogP contribution in [0.15, 0.2) is 30.3 Å². The highest BCUT2D eigenvalue weighted by Gasteiger charge is 2.51. The molecule has 2 aromatic rings. The van der Waals surface area contributed by atoms with Crippen LogP contribution in [0.2, 0.25) is 0 Å². The van der Waals surface area contributed by atoms with E-state index in [0.29, 0.717) is 17.2 Å². The molecule has 2 aromatic carbocycles. The van der Waals surface area contributed by atoms with Gasteiger partial charge in [0.1, 0.15) is 5.75 Å². The fourth-order valence-corrected chi connectivity index (χ4v) is 7.04. The maximum atomic E-state index is 11.0. The number of nitrogens with one attached hydrogen (secondary N) is 2. The van der Waals surface area contributed by atoms with E-state index in [2.05, 4.69) is 41.0 Å². The summed E-state index contributed by atoms with van der Waals surface area (Å²) in [5.41, 5.74) is 8.13. The Morgan fingerprint density at radius 2 is 1.83 bits per heavy atom. The summed E-state index contributed by atoms with van der Waals surface area (Å²) < 4.78 is 0. The normalized spacial score (nSPS) is 30.1. The Labute approximate surface area is 173 Å². The van der Waals surface area contributed by atoms with Gasteiger partial charge in [0.25, 0.3) is 0 Å². The number of fused-ring (bicyclic) bond motifs is 2. The minimum absolute atomic E-state index is 0.295. The van der Waals surface area contributed by atoms with Crippen LogP contribution in [0.5, 0.6) is 5.75 Å². The molecular weight excluding hydrogens is 356 g/mol. The SMILES string of the molecule is Oc1cc2c(cc1Nc1ccc3c(c1)CCCC3)C[C@H]1NCC[C@@]23CCCC[C@@H]13. The third kappa shape index (κ3) is 2.81. The van der Waals surface area contributed by atoms with Crippen LogP contribution in [0, 0.1) is 5.92 Å². The minimum atomic E-state index is 0.295. The van der Waals surface area contributed by atoms with Crippen LogP contribution < -0.4 is 10.6 Å². The second-order valence-electron chi connectivity index (χ2n) is 9.87. The van der Waals surface area contributed by atoms with Gasteiger partial charge in [0.05, 0.1) is 5.69 Å². The molecule has 0 aromatic heterocycles. The van der Waals surface area contributed by atoms with Crippen molar-refractivity contribution in [2.45, 2.75) is 75.7 Å². The van der Waals surface area contributed by atoms with Gasteiger partial charge in [-0.3, -0.25) is 0 Å². The molecule has 1 saturated heterocycles. The lowest BCUT2D eigenvalue weighted by molar-refractivity contribution is 0.0796. The third-order valence-electron chi connectivity index (χ3n) is 8.39. The van der Waals surface area contributed by atoms with Gasteiger partial charge in [0.2, 0.25) is 0 Å². The van der Waals surface area contributed by atoms with Crippen LogP contribution in [-0.4, -0.2) is 17.7 Å². The van der Waals surface area contributed by atoms with Crippen molar-refractivity contribution in [2.24, 2.45) is 5.92 Å². The summed E-state index contributed by atoms with van der Waals surface area (Å²) in [5, 5.41) is 18.3. The number of anilines is 2. The van der Waals surface area contributed by atoms with E-state index in [4.69, 9.17) is 0 Å². The summed E-state index contributed by atoms with van der Waals surface area (Å²) in [4.78, 5) is 0. The fourth-order valence-electron chi connectivity index (χ4n) is 7.04. The quantitative estimate of drug-likeness (QED) is 0.607. The lowest BCUT2D eigenvalue weighted by Crippen LogP contribution is -2.59. The van der Waals surface area contributed by atoms with Crippen molar-refractivity contribution in [3.63, 3.8) is 0 Å². The number of piperidine rings is 1. The topological polar surface area (TPSA) is 44.3 Å². The first kappa shape index (κ1) is 17.8. The van der Waals surface area contributed by atoms with Gasteiger partial charge in [0.15, 0.2) is 0 Å². The number of hydrogen-bond donors (Lipinski definition) is 3. The van der Waals surface area contributed by atoms with Crippen molar-refractivity contribution < 1.29 is 5.11 Å². The van der Waals surface area contributed by atoms with Crippen LogP contribution in [0.1, 0.15) is 67.2 Å². The Morgan fingerprint density at radius 3 is 2.76 bits per heavy atom. The predicted molar refractivity (Wildman–Crippen MR) is 118 cm³/mol. The molecule has 0 unspecified atom stereocenters. The summed E-state index contributed by atoms with van der Waals surface area (Å²) in [5.74, 6) is 1.16. The van der Waals surface area contributed by atoms with Crippen LogP contribution >= 0.6 is 0 Å². The summed E-state index contributed by atoms with van der Waals surface area (Å²) in [7, 11) is 0. The Hall–Kier alpha value is -2.00. The van der Waals surface area contributed by atoms with Gasteiger partial charge < -0.3 is 15.7 Å².